The van der Waals surface area contributed by atoms with Crippen LogP contribution >= 0.6 is 0 Å². The third-order valence-corrected chi connectivity index (χ3v) is 1.96. The van der Waals surface area contributed by atoms with Crippen molar-refractivity contribution in [2.24, 2.45) is 7.05 Å². The molecule has 0 unspecified atom stereocenters. The van der Waals surface area contributed by atoms with Gasteiger partial charge in [-0.25, -0.2) is 4.98 Å². The lowest BCUT2D eigenvalue weighted by Crippen LogP contribution is -2.33. The molecule has 5 heteroatoms. The summed E-state index contributed by atoms with van der Waals surface area (Å²) in [5.74, 6) is -0.137. The summed E-state index contributed by atoms with van der Waals surface area (Å²) < 4.78 is 1.72. The Kier molecular flexibility index (Phi) is 3.64. The minimum Gasteiger partial charge on any atom is -0.395 e. The van der Waals surface area contributed by atoms with Gasteiger partial charge in [-0.3, -0.25) is 4.79 Å². The molecule has 0 fully saturated rings. The fourth-order valence-corrected chi connectivity index (χ4v) is 1.21. The largest absolute Gasteiger partial charge is 0.395 e. The molecule has 0 aliphatic rings. The Morgan fingerprint density at radius 1 is 1.71 bits per heavy atom. The third-order valence-electron chi connectivity index (χ3n) is 1.96. The van der Waals surface area contributed by atoms with Gasteiger partial charge in [0.1, 0.15) is 5.69 Å². The minimum atomic E-state index is -0.137. The minimum absolute atomic E-state index is 0.0214. The molecule has 0 aliphatic heterocycles. The fraction of sp³-hybridized carbons (Fsp3) is 0.556. The summed E-state index contributed by atoms with van der Waals surface area (Å²) in [7, 11) is 1.81. The van der Waals surface area contributed by atoms with Crippen LogP contribution in [0.25, 0.3) is 0 Å². The molecule has 1 heterocycles. The van der Waals surface area contributed by atoms with Crippen LogP contribution in [0.3, 0.4) is 0 Å². The first kappa shape index (κ1) is 10.7. The number of aliphatic hydroxyl groups excluding tert-OH is 1. The molecular formula is C9H15N3O2. The number of nitrogens with zero attached hydrogens (tertiary/aromatic N) is 3. The quantitative estimate of drug-likeness (QED) is 0.731. The van der Waals surface area contributed by atoms with Crippen LogP contribution < -0.4 is 0 Å². The monoisotopic (exact) mass is 197 g/mol. The number of aromatic nitrogens is 2. The lowest BCUT2D eigenvalue weighted by atomic mass is 10.4. The van der Waals surface area contributed by atoms with Crippen LogP contribution in [0.5, 0.6) is 0 Å². The van der Waals surface area contributed by atoms with Crippen molar-refractivity contribution in [1.82, 2.24) is 14.5 Å². The molecule has 0 spiro atoms. The zero-order chi connectivity index (χ0) is 10.6. The molecule has 1 aromatic rings. The number of amides is 1. The number of imidazole rings is 1. The number of carbonyl (C=O) groups excluding carboxylic acids is 1. The molecule has 0 bridgehead atoms. The van der Waals surface area contributed by atoms with Crippen molar-refractivity contribution >= 4 is 5.91 Å². The van der Waals surface area contributed by atoms with Gasteiger partial charge in [0.15, 0.2) is 0 Å². The normalized spacial score (nSPS) is 10.2. The maximum atomic E-state index is 11.7. The molecule has 0 atom stereocenters. The van der Waals surface area contributed by atoms with Crippen molar-refractivity contribution < 1.29 is 9.90 Å². The number of aliphatic hydroxyl groups is 1. The number of aryl methyl sites for hydroxylation is 1. The van der Waals surface area contributed by atoms with E-state index in [-0.39, 0.29) is 12.5 Å². The molecular weight excluding hydrogens is 182 g/mol. The molecule has 0 aromatic carbocycles. The van der Waals surface area contributed by atoms with Crippen LogP contribution in [-0.2, 0) is 7.05 Å². The van der Waals surface area contributed by atoms with Crippen LogP contribution in [0.2, 0.25) is 0 Å². The van der Waals surface area contributed by atoms with Crippen molar-refractivity contribution in [2.75, 3.05) is 19.7 Å². The van der Waals surface area contributed by atoms with Crippen molar-refractivity contribution in [3.63, 3.8) is 0 Å². The average molecular weight is 197 g/mol. The Hall–Kier alpha value is -1.36. The van der Waals surface area contributed by atoms with Crippen LogP contribution in [0.1, 0.15) is 17.4 Å². The zero-order valence-electron chi connectivity index (χ0n) is 8.47. The summed E-state index contributed by atoms with van der Waals surface area (Å²) in [6, 6.07) is 0. The lowest BCUT2D eigenvalue weighted by Gasteiger charge is -2.17. The molecule has 0 saturated carbocycles. The van der Waals surface area contributed by atoms with E-state index in [4.69, 9.17) is 5.11 Å². The van der Waals surface area contributed by atoms with Gasteiger partial charge in [-0.1, -0.05) is 0 Å². The standard InChI is InChI=1S/C9H15N3O2/c1-3-12(4-5-13)9(14)8-6-11(2)7-10-8/h6-7,13H,3-5H2,1-2H3. The van der Waals surface area contributed by atoms with Crippen LogP contribution in [0.4, 0.5) is 0 Å². The maximum absolute atomic E-state index is 11.7. The molecule has 0 saturated heterocycles. The zero-order valence-corrected chi connectivity index (χ0v) is 8.47. The van der Waals surface area contributed by atoms with Crippen molar-refractivity contribution in [2.45, 2.75) is 6.92 Å². The van der Waals surface area contributed by atoms with Gasteiger partial charge < -0.3 is 14.6 Å². The Morgan fingerprint density at radius 3 is 2.86 bits per heavy atom. The van der Waals surface area contributed by atoms with Gasteiger partial charge in [0, 0.05) is 26.3 Å². The molecule has 14 heavy (non-hydrogen) atoms. The van der Waals surface area contributed by atoms with Gasteiger partial charge in [-0.05, 0) is 6.92 Å². The van der Waals surface area contributed by atoms with Gasteiger partial charge in [0.2, 0.25) is 0 Å². The average Bonchev–Trinajstić information content (AvgIpc) is 2.60. The van der Waals surface area contributed by atoms with Gasteiger partial charge in [0.25, 0.3) is 5.91 Å². The Labute approximate surface area is 83.0 Å². The van der Waals surface area contributed by atoms with E-state index in [2.05, 4.69) is 4.98 Å². The van der Waals surface area contributed by atoms with E-state index in [1.165, 1.54) is 0 Å². The molecule has 5 nitrogen and oxygen atoms in total. The topological polar surface area (TPSA) is 58.4 Å². The van der Waals surface area contributed by atoms with E-state index in [0.717, 1.165) is 0 Å². The van der Waals surface area contributed by atoms with Crippen molar-refractivity contribution in [1.29, 1.82) is 0 Å². The van der Waals surface area contributed by atoms with Crippen molar-refractivity contribution in [3.05, 3.63) is 18.2 Å². The second-order valence-electron chi connectivity index (χ2n) is 3.03. The highest BCUT2D eigenvalue weighted by Crippen LogP contribution is 2.00. The predicted octanol–water partition coefficient (Wildman–Crippen LogP) is -0.126. The molecule has 78 valence electrons. The Morgan fingerprint density at radius 2 is 2.43 bits per heavy atom. The molecule has 1 amide bonds. The maximum Gasteiger partial charge on any atom is 0.274 e. The number of rotatable bonds is 4. The van der Waals surface area contributed by atoms with E-state index in [1.807, 2.05) is 14.0 Å². The Bertz CT molecular complexity index is 309. The molecule has 1 aromatic heterocycles. The first-order chi connectivity index (χ1) is 6.69. The summed E-state index contributed by atoms with van der Waals surface area (Å²) in [6.07, 6.45) is 3.25. The van der Waals surface area contributed by atoms with E-state index >= 15 is 0 Å². The molecule has 0 aliphatic carbocycles. The highest BCUT2D eigenvalue weighted by Gasteiger charge is 2.15. The van der Waals surface area contributed by atoms with Crippen molar-refractivity contribution in [3.8, 4) is 0 Å². The predicted molar refractivity (Wildman–Crippen MR) is 51.9 cm³/mol. The van der Waals surface area contributed by atoms with E-state index in [1.54, 1.807) is 22.0 Å². The molecule has 0 radical (unpaired) electrons. The van der Waals surface area contributed by atoms with Gasteiger partial charge in [-0.2, -0.15) is 0 Å². The first-order valence-electron chi connectivity index (χ1n) is 4.57. The van der Waals surface area contributed by atoms with Crippen LogP contribution in [0, 0.1) is 0 Å². The summed E-state index contributed by atoms with van der Waals surface area (Å²) >= 11 is 0. The smallest absolute Gasteiger partial charge is 0.274 e. The Balaban J connectivity index is 2.72. The SMILES string of the molecule is CCN(CCO)C(=O)c1cn(C)cn1. The molecule has 1 N–H and O–H groups in total. The van der Waals surface area contributed by atoms with Gasteiger partial charge in [0.05, 0.1) is 12.9 Å². The van der Waals surface area contributed by atoms with E-state index in [9.17, 15) is 4.79 Å². The highest BCUT2D eigenvalue weighted by molar-refractivity contribution is 5.92. The van der Waals surface area contributed by atoms with Gasteiger partial charge >= 0.3 is 0 Å². The highest BCUT2D eigenvalue weighted by atomic mass is 16.3. The number of hydrogen-bond donors (Lipinski definition) is 1. The number of hydrogen-bond acceptors (Lipinski definition) is 3. The second-order valence-corrected chi connectivity index (χ2v) is 3.03. The molecule has 1 rings (SSSR count). The summed E-state index contributed by atoms with van der Waals surface area (Å²) in [5, 5.41) is 8.75. The first-order valence-corrected chi connectivity index (χ1v) is 4.57. The summed E-state index contributed by atoms with van der Waals surface area (Å²) in [5.41, 5.74) is 0.419. The third kappa shape index (κ3) is 2.32. The fourth-order valence-electron chi connectivity index (χ4n) is 1.21. The lowest BCUT2D eigenvalue weighted by molar-refractivity contribution is 0.0726. The summed E-state index contributed by atoms with van der Waals surface area (Å²) in [4.78, 5) is 17.2. The van der Waals surface area contributed by atoms with E-state index in [0.29, 0.717) is 18.8 Å². The number of likely N-dealkylation sites (N-methyl/N-ethyl adjacent to an activating group) is 1. The summed E-state index contributed by atoms with van der Waals surface area (Å²) in [6.45, 7) is 2.78. The van der Waals surface area contributed by atoms with Gasteiger partial charge in [-0.15, -0.1) is 0 Å². The van der Waals surface area contributed by atoms with Crippen LogP contribution in [-0.4, -0.2) is 45.2 Å². The van der Waals surface area contributed by atoms with E-state index < -0.39 is 0 Å². The van der Waals surface area contributed by atoms with Crippen LogP contribution in [0.15, 0.2) is 12.5 Å². The second kappa shape index (κ2) is 4.76. The number of carbonyl (C=O) groups is 1.